The first-order chi connectivity index (χ1) is 5.63. The fourth-order valence-electron chi connectivity index (χ4n) is 1.70. The predicted octanol–water partition coefficient (Wildman–Crippen LogP) is -0.955. The molecule has 0 aromatic heterocycles. The van der Waals surface area contributed by atoms with Crippen LogP contribution >= 0.6 is 0 Å². The highest BCUT2D eigenvalue weighted by molar-refractivity contribution is 5.77. The molecule has 1 rings (SSSR count). The maximum atomic E-state index is 10.5. The van der Waals surface area contributed by atoms with E-state index >= 15 is 0 Å². The molecule has 0 saturated heterocycles. The van der Waals surface area contributed by atoms with Crippen molar-refractivity contribution < 1.29 is 19.8 Å². The van der Waals surface area contributed by atoms with Crippen molar-refractivity contribution in [3.8, 4) is 0 Å². The molecule has 0 bridgehead atoms. The van der Waals surface area contributed by atoms with Gasteiger partial charge in [-0.2, -0.15) is 0 Å². The molecular formula is C8H18N2O4. The van der Waals surface area contributed by atoms with Crippen LogP contribution in [0.25, 0.3) is 0 Å². The maximum Gasteiger partial charge on any atom is 0.0451 e. The van der Waals surface area contributed by atoms with Gasteiger partial charge in [-0.1, -0.05) is 12.8 Å². The number of carboxylic acids is 2. The molecule has 1 aliphatic carbocycles. The quantitative estimate of drug-likeness (QED) is 0.597. The maximum absolute atomic E-state index is 10.5. The van der Waals surface area contributed by atoms with Crippen LogP contribution in [0.4, 0.5) is 0 Å². The zero-order valence-corrected chi connectivity index (χ0v) is 8.62. The van der Waals surface area contributed by atoms with Gasteiger partial charge >= 0.3 is 0 Å². The molecule has 6 heteroatoms. The largest absolute Gasteiger partial charge is 0.550 e. The van der Waals surface area contributed by atoms with Crippen LogP contribution < -0.4 is 22.5 Å². The summed E-state index contributed by atoms with van der Waals surface area (Å²) in [5.74, 6) is -4.21. The van der Waals surface area contributed by atoms with Gasteiger partial charge in [0.05, 0.1) is 0 Å². The lowest BCUT2D eigenvalue weighted by molar-refractivity contribution is -0.328. The average molecular weight is 206 g/mol. The van der Waals surface area contributed by atoms with Crippen molar-refractivity contribution in [2.45, 2.75) is 25.7 Å². The Labute approximate surface area is 82.5 Å². The van der Waals surface area contributed by atoms with E-state index in [0.717, 1.165) is 12.8 Å². The highest BCUT2D eigenvalue weighted by atomic mass is 16.4. The van der Waals surface area contributed by atoms with E-state index in [-0.39, 0.29) is 12.3 Å². The van der Waals surface area contributed by atoms with Gasteiger partial charge in [0.15, 0.2) is 0 Å². The van der Waals surface area contributed by atoms with Gasteiger partial charge < -0.3 is 32.1 Å². The number of carbonyl (C=O) groups excluding carboxylic acids is 2. The molecule has 2 unspecified atom stereocenters. The first-order valence-electron chi connectivity index (χ1n) is 4.04. The van der Waals surface area contributed by atoms with E-state index in [4.69, 9.17) is 0 Å². The molecule has 0 heterocycles. The summed E-state index contributed by atoms with van der Waals surface area (Å²) in [5.41, 5.74) is 0. The topological polar surface area (TPSA) is 153 Å². The van der Waals surface area contributed by atoms with Crippen LogP contribution in [0.3, 0.4) is 0 Å². The number of quaternary nitrogens is 2. The summed E-state index contributed by atoms with van der Waals surface area (Å²) >= 11 is 0. The van der Waals surface area contributed by atoms with Crippen molar-refractivity contribution >= 4 is 11.9 Å². The third-order valence-corrected chi connectivity index (χ3v) is 2.37. The third-order valence-electron chi connectivity index (χ3n) is 2.37. The minimum absolute atomic E-state index is 0. The van der Waals surface area contributed by atoms with Gasteiger partial charge in [-0.25, -0.2) is 0 Å². The molecule has 0 radical (unpaired) electrons. The highest BCUT2D eigenvalue weighted by Crippen LogP contribution is 2.28. The van der Waals surface area contributed by atoms with Gasteiger partial charge in [0.1, 0.15) is 0 Å². The smallest absolute Gasteiger partial charge is 0.0451 e. The first kappa shape index (κ1) is 15.3. The Bertz CT molecular complexity index is 186. The summed E-state index contributed by atoms with van der Waals surface area (Å²) in [6.07, 6.45) is 2.34. The molecule has 2 atom stereocenters. The van der Waals surface area contributed by atoms with Crippen molar-refractivity contribution in [1.29, 1.82) is 0 Å². The van der Waals surface area contributed by atoms with E-state index in [2.05, 4.69) is 0 Å². The minimum Gasteiger partial charge on any atom is -0.550 e. The molecule has 14 heavy (non-hydrogen) atoms. The van der Waals surface area contributed by atoms with Crippen LogP contribution in [0.15, 0.2) is 0 Å². The van der Waals surface area contributed by atoms with Crippen LogP contribution in [0.1, 0.15) is 25.7 Å². The van der Waals surface area contributed by atoms with Gasteiger partial charge in [0.25, 0.3) is 0 Å². The zero-order valence-electron chi connectivity index (χ0n) is 8.62. The molecule has 0 aromatic rings. The minimum atomic E-state index is -1.26. The lowest BCUT2D eigenvalue weighted by atomic mass is 9.79. The SMILES string of the molecule is O=C([O-])C1CCCCC1C(=O)[O-].[NH4+].[NH4+]. The second-order valence-electron chi connectivity index (χ2n) is 3.14. The number of rotatable bonds is 2. The number of carbonyl (C=O) groups is 2. The third kappa shape index (κ3) is 3.31. The van der Waals surface area contributed by atoms with E-state index in [1.165, 1.54) is 0 Å². The highest BCUT2D eigenvalue weighted by Gasteiger charge is 2.26. The molecule has 1 aliphatic rings. The van der Waals surface area contributed by atoms with Gasteiger partial charge in [0.2, 0.25) is 0 Å². The monoisotopic (exact) mass is 206 g/mol. The normalized spacial score (nSPS) is 25.4. The van der Waals surface area contributed by atoms with E-state index < -0.39 is 23.8 Å². The predicted molar refractivity (Wildman–Crippen MR) is 47.4 cm³/mol. The Morgan fingerprint density at radius 1 is 0.857 bits per heavy atom. The molecular weight excluding hydrogens is 188 g/mol. The zero-order chi connectivity index (χ0) is 9.14. The van der Waals surface area contributed by atoms with Crippen molar-refractivity contribution in [3.63, 3.8) is 0 Å². The molecule has 1 saturated carbocycles. The Morgan fingerprint density at radius 3 is 1.36 bits per heavy atom. The van der Waals surface area contributed by atoms with Gasteiger partial charge in [-0.3, -0.25) is 0 Å². The van der Waals surface area contributed by atoms with Crippen molar-refractivity contribution in [3.05, 3.63) is 0 Å². The van der Waals surface area contributed by atoms with E-state index in [0.29, 0.717) is 12.8 Å². The molecule has 0 aliphatic heterocycles. The Morgan fingerprint density at radius 2 is 1.14 bits per heavy atom. The van der Waals surface area contributed by atoms with Gasteiger partial charge in [-0.05, 0) is 12.8 Å². The summed E-state index contributed by atoms with van der Waals surface area (Å²) in [5, 5.41) is 20.9. The Balaban J connectivity index is 0. The van der Waals surface area contributed by atoms with E-state index in [1.807, 2.05) is 0 Å². The summed E-state index contributed by atoms with van der Waals surface area (Å²) in [6, 6.07) is 0. The summed E-state index contributed by atoms with van der Waals surface area (Å²) in [4.78, 5) is 20.9. The lowest BCUT2D eigenvalue weighted by Gasteiger charge is -2.32. The van der Waals surface area contributed by atoms with E-state index in [1.54, 1.807) is 0 Å². The fourth-order valence-corrected chi connectivity index (χ4v) is 1.70. The Hall–Kier alpha value is -1.14. The fraction of sp³-hybridized carbons (Fsp3) is 0.750. The number of hydrogen-bond acceptors (Lipinski definition) is 4. The second-order valence-corrected chi connectivity index (χ2v) is 3.14. The van der Waals surface area contributed by atoms with Crippen LogP contribution in [-0.2, 0) is 9.59 Å². The number of carboxylic acid groups (broad SMARTS) is 2. The molecule has 84 valence electrons. The van der Waals surface area contributed by atoms with Crippen LogP contribution in [0, 0.1) is 11.8 Å². The van der Waals surface area contributed by atoms with E-state index in [9.17, 15) is 19.8 Å². The molecule has 8 N–H and O–H groups in total. The average Bonchev–Trinajstić information content (AvgIpc) is 2.04. The van der Waals surface area contributed by atoms with Gasteiger partial charge in [-0.15, -0.1) is 0 Å². The van der Waals surface area contributed by atoms with Crippen LogP contribution in [0.2, 0.25) is 0 Å². The summed E-state index contributed by atoms with van der Waals surface area (Å²) in [7, 11) is 0. The van der Waals surface area contributed by atoms with Crippen molar-refractivity contribution in [2.24, 2.45) is 11.8 Å². The molecule has 6 nitrogen and oxygen atoms in total. The molecule has 0 aromatic carbocycles. The number of aliphatic carboxylic acids is 2. The first-order valence-corrected chi connectivity index (χ1v) is 4.04. The summed E-state index contributed by atoms with van der Waals surface area (Å²) in [6.45, 7) is 0. The number of hydrogen-bond donors (Lipinski definition) is 2. The molecule has 1 fully saturated rings. The van der Waals surface area contributed by atoms with Crippen molar-refractivity contribution in [2.75, 3.05) is 0 Å². The molecule has 0 spiro atoms. The van der Waals surface area contributed by atoms with Crippen molar-refractivity contribution in [1.82, 2.24) is 12.3 Å². The lowest BCUT2D eigenvalue weighted by Crippen LogP contribution is -2.45. The van der Waals surface area contributed by atoms with Crippen LogP contribution in [-0.4, -0.2) is 11.9 Å². The standard InChI is InChI=1S/C8H12O4.2H3N/c9-7(10)5-3-1-2-4-6(5)8(11)12;;/h5-6H,1-4H2,(H,9,10)(H,11,12);2*1H3. The summed E-state index contributed by atoms with van der Waals surface area (Å²) < 4.78 is 0. The molecule has 0 amide bonds. The Kier molecular flexibility index (Phi) is 6.94. The van der Waals surface area contributed by atoms with Gasteiger partial charge in [0, 0.05) is 23.8 Å². The second kappa shape index (κ2) is 6.33. The van der Waals surface area contributed by atoms with Crippen LogP contribution in [0.5, 0.6) is 0 Å².